The summed E-state index contributed by atoms with van der Waals surface area (Å²) in [5.41, 5.74) is 3.13. The third kappa shape index (κ3) is 5.28. The van der Waals surface area contributed by atoms with Crippen LogP contribution in [0.5, 0.6) is 0 Å². The molecule has 0 fully saturated rings. The quantitative estimate of drug-likeness (QED) is 0.165. The fourth-order valence-electron chi connectivity index (χ4n) is 4.49. The summed E-state index contributed by atoms with van der Waals surface area (Å²) < 4.78 is 8.23. The molecule has 2 aromatic heterocycles. The molecule has 36 heavy (non-hydrogen) atoms. The minimum Gasteiger partial charge on any atom is -0.462 e. The number of para-hydroxylation sites is 2. The van der Waals surface area contributed by atoms with Crippen LogP contribution in [0.3, 0.4) is 0 Å². The maximum Gasteiger partial charge on any atom is 0.344 e. The largest absolute Gasteiger partial charge is 0.462 e. The zero-order chi connectivity index (χ0) is 25.7. The van der Waals surface area contributed by atoms with Crippen LogP contribution in [-0.4, -0.2) is 33.0 Å². The van der Waals surface area contributed by atoms with Crippen molar-refractivity contribution in [3.05, 3.63) is 64.1 Å². The molecule has 0 aliphatic heterocycles. The molecule has 0 spiro atoms. The summed E-state index contributed by atoms with van der Waals surface area (Å²) in [4.78, 5) is 36.5. The molecular weight excluding hydrogens is 520 g/mol. The molecule has 4 aromatic rings. The van der Waals surface area contributed by atoms with Gasteiger partial charge in [-0.3, -0.25) is 4.79 Å². The minimum absolute atomic E-state index is 0.0236. The van der Waals surface area contributed by atoms with E-state index in [2.05, 4.69) is 35.1 Å². The number of unbranched alkanes of at least 4 members (excludes halogenated alkanes) is 2. The summed E-state index contributed by atoms with van der Waals surface area (Å²) in [6, 6.07) is 14.7. The van der Waals surface area contributed by atoms with Crippen molar-refractivity contribution in [2.75, 3.05) is 11.9 Å². The van der Waals surface area contributed by atoms with Crippen molar-refractivity contribution in [3.8, 4) is 0 Å². The lowest BCUT2D eigenvalue weighted by molar-refractivity contribution is 0.0529. The molecule has 8 heteroatoms. The van der Waals surface area contributed by atoms with E-state index in [9.17, 15) is 9.59 Å². The Kier molecular flexibility index (Phi) is 8.36. The first-order chi connectivity index (χ1) is 17.5. The maximum absolute atomic E-state index is 13.4. The highest BCUT2D eigenvalue weighted by atomic mass is 79.9. The normalized spacial score (nSPS) is 12.1. The standard InChI is InChI=1S/C28H31BrN4O3/c1-4-7-8-14-20(5-2)33-25(32-27(34)18-12-11-13-19(29)17-18)23(28(35)36-6-3)24-26(33)31-22-16-10-9-15-21(22)30-24/h9-13,15-17,20H,4-8,14H2,1-3H3,(H,32,34)/t20-/m0/s1. The summed E-state index contributed by atoms with van der Waals surface area (Å²) in [5, 5.41) is 3.03. The summed E-state index contributed by atoms with van der Waals surface area (Å²) in [6.45, 7) is 6.25. The Hall–Kier alpha value is -3.26. The van der Waals surface area contributed by atoms with E-state index >= 15 is 0 Å². The van der Waals surface area contributed by atoms with Crippen LogP contribution in [0.1, 0.15) is 79.6 Å². The molecule has 1 N–H and O–H groups in total. The average molecular weight is 551 g/mol. The van der Waals surface area contributed by atoms with Gasteiger partial charge in [0.25, 0.3) is 5.91 Å². The minimum atomic E-state index is -0.529. The number of nitrogens with one attached hydrogen (secondary N) is 1. The van der Waals surface area contributed by atoms with Crippen molar-refractivity contribution in [1.82, 2.24) is 14.5 Å². The van der Waals surface area contributed by atoms with Gasteiger partial charge in [0.2, 0.25) is 0 Å². The first kappa shape index (κ1) is 25.8. The van der Waals surface area contributed by atoms with Gasteiger partial charge in [-0.25, -0.2) is 14.8 Å². The second-order valence-corrected chi connectivity index (χ2v) is 9.64. The van der Waals surface area contributed by atoms with Crippen LogP contribution in [0, 0.1) is 0 Å². The van der Waals surface area contributed by atoms with Gasteiger partial charge < -0.3 is 14.6 Å². The van der Waals surface area contributed by atoms with Gasteiger partial charge in [0, 0.05) is 16.1 Å². The zero-order valence-corrected chi connectivity index (χ0v) is 22.5. The van der Waals surface area contributed by atoms with Gasteiger partial charge in [0.05, 0.1) is 17.6 Å². The number of halogens is 1. The monoisotopic (exact) mass is 550 g/mol. The maximum atomic E-state index is 13.4. The van der Waals surface area contributed by atoms with Gasteiger partial charge in [-0.1, -0.05) is 67.2 Å². The van der Waals surface area contributed by atoms with Crippen molar-refractivity contribution < 1.29 is 14.3 Å². The molecular formula is C28H31BrN4O3. The van der Waals surface area contributed by atoms with Crippen molar-refractivity contribution in [2.45, 2.75) is 58.9 Å². The van der Waals surface area contributed by atoms with Gasteiger partial charge in [0.1, 0.15) is 16.9 Å². The Labute approximate surface area is 219 Å². The lowest BCUT2D eigenvalue weighted by Crippen LogP contribution is -2.20. The highest BCUT2D eigenvalue weighted by Crippen LogP contribution is 2.36. The summed E-state index contributed by atoms with van der Waals surface area (Å²) in [5.74, 6) is -0.468. The highest BCUT2D eigenvalue weighted by molar-refractivity contribution is 9.10. The number of amides is 1. The Morgan fingerprint density at radius 3 is 2.44 bits per heavy atom. The molecule has 2 aromatic carbocycles. The second kappa shape index (κ2) is 11.6. The van der Waals surface area contributed by atoms with E-state index in [0.29, 0.717) is 28.1 Å². The molecule has 0 radical (unpaired) electrons. The summed E-state index contributed by atoms with van der Waals surface area (Å²) in [6.07, 6.45) is 4.95. The van der Waals surface area contributed by atoms with Crippen LogP contribution in [-0.2, 0) is 4.74 Å². The van der Waals surface area contributed by atoms with Crippen molar-refractivity contribution in [3.63, 3.8) is 0 Å². The topological polar surface area (TPSA) is 86.1 Å². The van der Waals surface area contributed by atoms with E-state index in [0.717, 1.165) is 42.1 Å². The van der Waals surface area contributed by atoms with Crippen molar-refractivity contribution in [2.24, 2.45) is 0 Å². The third-order valence-corrected chi connectivity index (χ3v) is 6.76. The van der Waals surface area contributed by atoms with Gasteiger partial charge in [-0.05, 0) is 50.1 Å². The fraction of sp³-hybridized carbons (Fsp3) is 0.357. The smallest absolute Gasteiger partial charge is 0.344 e. The number of carbonyl (C=O) groups is 2. The Morgan fingerprint density at radius 2 is 1.78 bits per heavy atom. The number of aromatic nitrogens is 3. The highest BCUT2D eigenvalue weighted by Gasteiger charge is 2.30. The van der Waals surface area contributed by atoms with Gasteiger partial charge >= 0.3 is 5.97 Å². The number of anilines is 1. The number of rotatable bonds is 10. The molecule has 0 aliphatic rings. The number of hydrogen-bond acceptors (Lipinski definition) is 5. The van der Waals surface area contributed by atoms with E-state index in [-0.39, 0.29) is 24.1 Å². The predicted octanol–water partition coefficient (Wildman–Crippen LogP) is 7.31. The van der Waals surface area contributed by atoms with Crippen LogP contribution >= 0.6 is 15.9 Å². The number of nitrogens with zero attached hydrogens (tertiary/aromatic N) is 3. The molecule has 0 saturated carbocycles. The first-order valence-corrected chi connectivity index (χ1v) is 13.3. The summed E-state index contributed by atoms with van der Waals surface area (Å²) in [7, 11) is 0. The fourth-order valence-corrected chi connectivity index (χ4v) is 4.89. The van der Waals surface area contributed by atoms with Crippen molar-refractivity contribution in [1.29, 1.82) is 0 Å². The van der Waals surface area contributed by atoms with Crippen LogP contribution in [0.15, 0.2) is 53.0 Å². The van der Waals surface area contributed by atoms with Crippen molar-refractivity contribution >= 4 is 55.8 Å². The molecule has 2 heterocycles. The molecule has 0 bridgehead atoms. The van der Waals surface area contributed by atoms with E-state index < -0.39 is 5.97 Å². The van der Waals surface area contributed by atoms with Gasteiger partial charge in [-0.2, -0.15) is 0 Å². The van der Waals surface area contributed by atoms with Crippen LogP contribution in [0.25, 0.3) is 22.2 Å². The first-order valence-electron chi connectivity index (χ1n) is 12.5. The number of ether oxygens (including phenoxy) is 1. The molecule has 7 nitrogen and oxygen atoms in total. The number of carbonyl (C=O) groups excluding carboxylic acids is 2. The SMILES string of the molecule is CCCCC[C@H](CC)n1c(NC(=O)c2cccc(Br)c2)c(C(=O)OCC)c2nc3ccccc3nc21. The van der Waals surface area contributed by atoms with Gasteiger partial charge in [0.15, 0.2) is 5.65 Å². The molecule has 0 saturated heterocycles. The Bertz CT molecular complexity index is 1400. The molecule has 188 valence electrons. The number of fused-ring (bicyclic) bond motifs is 2. The van der Waals surface area contributed by atoms with Crippen LogP contribution in [0.4, 0.5) is 5.82 Å². The Morgan fingerprint density at radius 1 is 1.03 bits per heavy atom. The Balaban J connectivity index is 1.97. The van der Waals surface area contributed by atoms with E-state index in [4.69, 9.17) is 14.7 Å². The predicted molar refractivity (Wildman–Crippen MR) is 147 cm³/mol. The van der Waals surface area contributed by atoms with E-state index in [1.54, 1.807) is 25.1 Å². The van der Waals surface area contributed by atoms with Gasteiger partial charge in [-0.15, -0.1) is 0 Å². The van der Waals surface area contributed by atoms with E-state index in [1.807, 2.05) is 34.9 Å². The number of esters is 1. The molecule has 0 aliphatic carbocycles. The number of hydrogen-bond donors (Lipinski definition) is 1. The second-order valence-electron chi connectivity index (χ2n) is 8.72. The average Bonchev–Trinajstić information content (AvgIpc) is 3.17. The van der Waals surface area contributed by atoms with E-state index in [1.165, 1.54) is 0 Å². The molecule has 4 rings (SSSR count). The van der Waals surface area contributed by atoms with Crippen LogP contribution in [0.2, 0.25) is 0 Å². The molecule has 1 amide bonds. The molecule has 0 unspecified atom stereocenters. The molecule has 1 atom stereocenters. The lowest BCUT2D eigenvalue weighted by atomic mass is 10.1. The number of benzene rings is 2. The third-order valence-electron chi connectivity index (χ3n) is 6.27. The lowest BCUT2D eigenvalue weighted by Gasteiger charge is -2.22. The zero-order valence-electron chi connectivity index (χ0n) is 20.9. The summed E-state index contributed by atoms with van der Waals surface area (Å²) >= 11 is 3.43. The van der Waals surface area contributed by atoms with Crippen LogP contribution < -0.4 is 5.32 Å².